The van der Waals surface area contributed by atoms with Gasteiger partial charge in [-0.2, -0.15) is 0 Å². The van der Waals surface area contributed by atoms with Crippen molar-refractivity contribution >= 4 is 17.4 Å². The average molecular weight is 491 g/mol. The second kappa shape index (κ2) is 11.7. The normalized spacial score (nSPS) is 13.3. The predicted molar refractivity (Wildman–Crippen MR) is 140 cm³/mol. The van der Waals surface area contributed by atoms with Gasteiger partial charge >= 0.3 is 5.69 Å². The van der Waals surface area contributed by atoms with Gasteiger partial charge in [-0.25, -0.2) is 9.18 Å². The van der Waals surface area contributed by atoms with Gasteiger partial charge in [0.2, 0.25) is 5.91 Å². The van der Waals surface area contributed by atoms with Crippen LogP contribution < -0.4 is 21.9 Å². The van der Waals surface area contributed by atoms with Gasteiger partial charge in [0, 0.05) is 13.0 Å². The SMILES string of the molecule is Nc1c(N(CCC2=CCCCC2)C(=O)CCc2ccccc2F)c(=O)[nH]c(=O)n1Cc1ccccc1. The van der Waals surface area contributed by atoms with Crippen molar-refractivity contribution in [1.29, 1.82) is 0 Å². The van der Waals surface area contributed by atoms with Crippen LogP contribution in [0.1, 0.15) is 49.7 Å². The summed E-state index contributed by atoms with van der Waals surface area (Å²) in [4.78, 5) is 42.8. The number of H-pyrrole nitrogens is 1. The topological polar surface area (TPSA) is 101 Å². The summed E-state index contributed by atoms with van der Waals surface area (Å²) in [5.41, 5.74) is 7.49. The van der Waals surface area contributed by atoms with Crippen molar-refractivity contribution in [2.75, 3.05) is 17.2 Å². The third kappa shape index (κ3) is 6.00. The molecule has 36 heavy (non-hydrogen) atoms. The molecule has 0 radical (unpaired) electrons. The Labute approximate surface area is 209 Å². The molecule has 0 atom stereocenters. The number of carbonyl (C=O) groups is 1. The van der Waals surface area contributed by atoms with Gasteiger partial charge in [0.1, 0.15) is 11.6 Å². The van der Waals surface area contributed by atoms with Gasteiger partial charge in [-0.3, -0.25) is 19.1 Å². The largest absolute Gasteiger partial charge is 0.383 e. The number of allylic oxidation sites excluding steroid dienone is 1. The van der Waals surface area contributed by atoms with Crippen molar-refractivity contribution in [3.63, 3.8) is 0 Å². The van der Waals surface area contributed by atoms with Crippen LogP contribution in [0.5, 0.6) is 0 Å². The van der Waals surface area contributed by atoms with E-state index in [1.165, 1.54) is 21.1 Å². The molecule has 188 valence electrons. The van der Waals surface area contributed by atoms with Crippen LogP contribution in [0.4, 0.5) is 15.9 Å². The van der Waals surface area contributed by atoms with Crippen LogP contribution in [-0.4, -0.2) is 22.0 Å². The number of anilines is 2. The number of nitrogens with zero attached hydrogens (tertiary/aromatic N) is 2. The second-order valence-electron chi connectivity index (χ2n) is 9.06. The third-order valence-electron chi connectivity index (χ3n) is 6.58. The van der Waals surface area contributed by atoms with Crippen LogP contribution >= 0.6 is 0 Å². The van der Waals surface area contributed by atoms with Gasteiger partial charge < -0.3 is 10.6 Å². The Morgan fingerprint density at radius 3 is 2.50 bits per heavy atom. The molecule has 0 bridgehead atoms. The van der Waals surface area contributed by atoms with E-state index in [2.05, 4.69) is 11.1 Å². The molecule has 0 fully saturated rings. The van der Waals surface area contributed by atoms with Gasteiger partial charge in [-0.15, -0.1) is 0 Å². The van der Waals surface area contributed by atoms with Gasteiger partial charge in [-0.05, 0) is 55.7 Å². The molecule has 8 heteroatoms. The molecule has 0 saturated heterocycles. The molecular weight excluding hydrogens is 459 g/mol. The number of nitrogen functional groups attached to an aromatic ring is 1. The number of carbonyl (C=O) groups excluding carboxylic acids is 1. The molecule has 1 aliphatic carbocycles. The molecule has 4 rings (SSSR count). The summed E-state index contributed by atoms with van der Waals surface area (Å²) in [6.45, 7) is 0.399. The Kier molecular flexibility index (Phi) is 8.15. The van der Waals surface area contributed by atoms with Crippen molar-refractivity contribution in [3.8, 4) is 0 Å². The smallest absolute Gasteiger partial charge is 0.330 e. The van der Waals surface area contributed by atoms with Crippen LogP contribution in [0, 0.1) is 5.82 Å². The Morgan fingerprint density at radius 1 is 1.03 bits per heavy atom. The fourth-order valence-electron chi connectivity index (χ4n) is 4.59. The standard InChI is InChI=1S/C28H31FN4O3/c29-23-14-8-7-13-22(23)15-16-24(34)32(18-17-20-9-3-1-4-10-20)25-26(30)33(28(36)31-27(25)35)19-21-11-5-2-6-12-21/h2,5-9,11-14H,1,3-4,10,15-19,30H2,(H,31,35,36). The lowest BCUT2D eigenvalue weighted by Crippen LogP contribution is -2.42. The first-order valence-corrected chi connectivity index (χ1v) is 12.3. The van der Waals surface area contributed by atoms with E-state index in [9.17, 15) is 18.8 Å². The molecule has 0 aliphatic heterocycles. The molecule has 0 spiro atoms. The molecule has 2 aromatic carbocycles. The zero-order valence-electron chi connectivity index (χ0n) is 20.2. The van der Waals surface area contributed by atoms with Crippen LogP contribution in [-0.2, 0) is 17.8 Å². The molecule has 3 aromatic rings. The number of halogens is 1. The number of amides is 1. The molecule has 7 nitrogen and oxygen atoms in total. The van der Waals surface area contributed by atoms with Crippen LogP contribution in [0.15, 0.2) is 75.8 Å². The highest BCUT2D eigenvalue weighted by molar-refractivity contribution is 5.95. The van der Waals surface area contributed by atoms with Crippen molar-refractivity contribution < 1.29 is 9.18 Å². The maximum atomic E-state index is 14.1. The molecule has 1 heterocycles. The first-order chi connectivity index (χ1) is 17.4. The maximum Gasteiger partial charge on any atom is 0.330 e. The van der Waals surface area contributed by atoms with E-state index in [0.29, 0.717) is 12.0 Å². The first kappa shape index (κ1) is 25.2. The van der Waals surface area contributed by atoms with Crippen molar-refractivity contribution in [3.05, 3.63) is 104 Å². The quantitative estimate of drug-likeness (QED) is 0.440. The zero-order chi connectivity index (χ0) is 25.5. The van der Waals surface area contributed by atoms with Crippen LogP contribution in [0.25, 0.3) is 0 Å². The highest BCUT2D eigenvalue weighted by Gasteiger charge is 2.25. The lowest BCUT2D eigenvalue weighted by Gasteiger charge is -2.26. The fraction of sp³-hybridized carbons (Fsp3) is 0.321. The summed E-state index contributed by atoms with van der Waals surface area (Å²) in [5.74, 6) is -0.792. The predicted octanol–water partition coefficient (Wildman–Crippen LogP) is 4.16. The number of nitrogens with two attached hydrogens (primary N) is 1. The number of rotatable bonds is 9. The minimum absolute atomic E-state index is 0.00330. The van der Waals surface area contributed by atoms with Crippen LogP contribution in [0.2, 0.25) is 0 Å². The highest BCUT2D eigenvalue weighted by Crippen LogP contribution is 2.24. The number of nitrogens with one attached hydrogen (secondary N) is 1. The summed E-state index contributed by atoms with van der Waals surface area (Å²) < 4.78 is 15.4. The minimum atomic E-state index is -0.710. The van der Waals surface area contributed by atoms with E-state index in [-0.39, 0.29) is 49.2 Å². The summed E-state index contributed by atoms with van der Waals surface area (Å²) in [7, 11) is 0. The summed E-state index contributed by atoms with van der Waals surface area (Å²) in [6.07, 6.45) is 7.17. The Morgan fingerprint density at radius 2 is 1.78 bits per heavy atom. The van der Waals surface area contributed by atoms with E-state index in [0.717, 1.165) is 31.2 Å². The van der Waals surface area contributed by atoms with E-state index in [4.69, 9.17) is 5.73 Å². The highest BCUT2D eigenvalue weighted by atomic mass is 19.1. The minimum Gasteiger partial charge on any atom is -0.383 e. The Balaban J connectivity index is 1.66. The number of aryl methyl sites for hydroxylation is 1. The molecule has 1 aliphatic rings. The first-order valence-electron chi connectivity index (χ1n) is 12.3. The van der Waals surface area contributed by atoms with E-state index >= 15 is 0 Å². The van der Waals surface area contributed by atoms with Crippen molar-refractivity contribution in [2.45, 2.75) is 51.5 Å². The number of aromatic amines is 1. The third-order valence-corrected chi connectivity index (χ3v) is 6.58. The van der Waals surface area contributed by atoms with E-state index in [1.807, 2.05) is 30.3 Å². The maximum absolute atomic E-state index is 14.1. The number of aromatic nitrogens is 2. The van der Waals surface area contributed by atoms with E-state index in [1.54, 1.807) is 18.2 Å². The number of benzene rings is 2. The Hall–Kier alpha value is -3.94. The van der Waals surface area contributed by atoms with Crippen molar-refractivity contribution in [2.24, 2.45) is 0 Å². The van der Waals surface area contributed by atoms with Gasteiger partial charge in [0.15, 0.2) is 5.69 Å². The molecular formula is C28H31FN4O3. The molecule has 0 unspecified atom stereocenters. The lowest BCUT2D eigenvalue weighted by molar-refractivity contribution is -0.118. The average Bonchev–Trinajstić information content (AvgIpc) is 2.89. The zero-order valence-corrected chi connectivity index (χ0v) is 20.2. The molecule has 0 saturated carbocycles. The van der Waals surface area contributed by atoms with Gasteiger partial charge in [0.05, 0.1) is 6.54 Å². The van der Waals surface area contributed by atoms with Crippen LogP contribution in [0.3, 0.4) is 0 Å². The fourth-order valence-corrected chi connectivity index (χ4v) is 4.59. The lowest BCUT2D eigenvalue weighted by atomic mass is 9.97. The van der Waals surface area contributed by atoms with Crippen molar-refractivity contribution in [1.82, 2.24) is 9.55 Å². The summed E-state index contributed by atoms with van der Waals surface area (Å²) in [5, 5.41) is 0. The van der Waals surface area contributed by atoms with Gasteiger partial charge in [0.25, 0.3) is 5.56 Å². The van der Waals surface area contributed by atoms with E-state index < -0.39 is 11.2 Å². The molecule has 1 aromatic heterocycles. The Bertz CT molecular complexity index is 1360. The second-order valence-corrected chi connectivity index (χ2v) is 9.06. The van der Waals surface area contributed by atoms with Gasteiger partial charge in [-0.1, -0.05) is 60.2 Å². The summed E-state index contributed by atoms with van der Waals surface area (Å²) in [6, 6.07) is 15.6. The molecule has 3 N–H and O–H groups in total. The monoisotopic (exact) mass is 490 g/mol. The molecule has 1 amide bonds. The number of hydrogen-bond acceptors (Lipinski definition) is 4. The number of hydrogen-bond donors (Lipinski definition) is 2. The summed E-state index contributed by atoms with van der Waals surface area (Å²) >= 11 is 0.